The van der Waals surface area contributed by atoms with Gasteiger partial charge in [0.25, 0.3) is 0 Å². The number of carboxylic acid groups (broad SMARTS) is 1. The molecule has 1 aromatic rings. The fourth-order valence-electron chi connectivity index (χ4n) is 2.23. The highest BCUT2D eigenvalue weighted by atomic mass is 16.4. The Morgan fingerprint density at radius 1 is 1.29 bits per heavy atom. The van der Waals surface area contributed by atoms with Gasteiger partial charge in [0.2, 0.25) is 5.91 Å². The maximum atomic E-state index is 11.9. The summed E-state index contributed by atoms with van der Waals surface area (Å²) in [5.74, 6) is -1.65. The molecule has 1 aliphatic rings. The first-order valence-corrected chi connectivity index (χ1v) is 5.63. The molecule has 1 heterocycles. The Morgan fingerprint density at radius 3 is 2.71 bits per heavy atom. The highest BCUT2D eigenvalue weighted by molar-refractivity contribution is 5.94. The molecule has 0 radical (unpaired) electrons. The summed E-state index contributed by atoms with van der Waals surface area (Å²) in [6, 6.07) is 5.21. The molecule has 0 unspecified atom stereocenters. The van der Waals surface area contributed by atoms with Crippen LogP contribution >= 0.6 is 0 Å². The van der Waals surface area contributed by atoms with Crippen molar-refractivity contribution in [1.82, 2.24) is 4.98 Å². The molecule has 2 atom stereocenters. The predicted octanol–water partition coefficient (Wildman–Crippen LogP) is 1.52. The van der Waals surface area contributed by atoms with Crippen LogP contribution in [0.5, 0.6) is 0 Å². The van der Waals surface area contributed by atoms with Gasteiger partial charge in [0.1, 0.15) is 5.82 Å². The van der Waals surface area contributed by atoms with Crippen LogP contribution in [0.25, 0.3) is 0 Å². The van der Waals surface area contributed by atoms with E-state index in [1.807, 2.05) is 0 Å². The maximum Gasteiger partial charge on any atom is 0.307 e. The largest absolute Gasteiger partial charge is 0.481 e. The molecule has 1 aromatic heterocycles. The molecule has 1 saturated carbocycles. The molecule has 2 N–H and O–H groups in total. The van der Waals surface area contributed by atoms with Crippen molar-refractivity contribution in [2.75, 3.05) is 5.32 Å². The number of pyridine rings is 1. The first-order chi connectivity index (χ1) is 8.18. The molecule has 1 aliphatic carbocycles. The van der Waals surface area contributed by atoms with Crippen LogP contribution in [0.1, 0.15) is 19.3 Å². The summed E-state index contributed by atoms with van der Waals surface area (Å²) in [7, 11) is 0. The summed E-state index contributed by atoms with van der Waals surface area (Å²) < 4.78 is 0. The van der Waals surface area contributed by atoms with Crippen LogP contribution in [0.4, 0.5) is 5.82 Å². The molecule has 0 saturated heterocycles. The van der Waals surface area contributed by atoms with Gasteiger partial charge in [-0.1, -0.05) is 12.5 Å². The Labute approximate surface area is 98.9 Å². The third kappa shape index (κ3) is 2.61. The van der Waals surface area contributed by atoms with Gasteiger partial charge in [-0.2, -0.15) is 0 Å². The lowest BCUT2D eigenvalue weighted by molar-refractivity contribution is -0.145. The molecule has 1 amide bonds. The van der Waals surface area contributed by atoms with E-state index in [2.05, 4.69) is 10.3 Å². The lowest BCUT2D eigenvalue weighted by Gasteiger charge is -2.14. The molecular weight excluding hydrogens is 220 g/mol. The van der Waals surface area contributed by atoms with E-state index in [0.29, 0.717) is 18.7 Å². The summed E-state index contributed by atoms with van der Waals surface area (Å²) in [6.45, 7) is 0. The van der Waals surface area contributed by atoms with Gasteiger partial charge in [0, 0.05) is 6.20 Å². The standard InChI is InChI=1S/C12H14N2O3/c15-11(14-10-6-1-2-7-13-10)8-4-3-5-9(8)12(16)17/h1-2,6-9H,3-5H2,(H,16,17)(H,13,14,15)/t8-,9+/m1/s1. The summed E-state index contributed by atoms with van der Waals surface area (Å²) in [5, 5.41) is 11.7. The topological polar surface area (TPSA) is 79.3 Å². The maximum absolute atomic E-state index is 11.9. The van der Waals surface area contributed by atoms with Crippen molar-refractivity contribution in [3.8, 4) is 0 Å². The molecule has 5 nitrogen and oxygen atoms in total. The smallest absolute Gasteiger partial charge is 0.307 e. The third-order valence-electron chi connectivity index (χ3n) is 3.09. The van der Waals surface area contributed by atoms with E-state index < -0.39 is 17.8 Å². The average Bonchev–Trinajstić information content (AvgIpc) is 2.79. The first kappa shape index (κ1) is 11.6. The first-order valence-electron chi connectivity index (χ1n) is 5.63. The van der Waals surface area contributed by atoms with Gasteiger partial charge in [-0.3, -0.25) is 9.59 Å². The monoisotopic (exact) mass is 234 g/mol. The van der Waals surface area contributed by atoms with Crippen molar-refractivity contribution in [2.45, 2.75) is 19.3 Å². The second kappa shape index (κ2) is 4.95. The number of carboxylic acids is 1. The van der Waals surface area contributed by atoms with Crippen LogP contribution < -0.4 is 5.32 Å². The highest BCUT2D eigenvalue weighted by Gasteiger charge is 2.37. The SMILES string of the molecule is O=C(O)[C@H]1CCC[C@H]1C(=O)Nc1ccccn1. The number of carbonyl (C=O) groups is 2. The summed E-state index contributed by atoms with van der Waals surface area (Å²) in [5.41, 5.74) is 0. The number of nitrogens with zero attached hydrogens (tertiary/aromatic N) is 1. The van der Waals surface area contributed by atoms with E-state index in [1.165, 1.54) is 0 Å². The van der Waals surface area contributed by atoms with Gasteiger partial charge in [0.15, 0.2) is 0 Å². The van der Waals surface area contributed by atoms with E-state index in [1.54, 1.807) is 24.4 Å². The fraction of sp³-hybridized carbons (Fsp3) is 0.417. The Bertz CT molecular complexity index is 419. The van der Waals surface area contributed by atoms with Gasteiger partial charge >= 0.3 is 5.97 Å². The average molecular weight is 234 g/mol. The fourth-order valence-corrected chi connectivity index (χ4v) is 2.23. The van der Waals surface area contributed by atoms with E-state index in [-0.39, 0.29) is 5.91 Å². The summed E-state index contributed by atoms with van der Waals surface area (Å²) in [6.07, 6.45) is 3.58. The molecule has 17 heavy (non-hydrogen) atoms. The molecule has 0 bridgehead atoms. The van der Waals surface area contributed by atoms with Gasteiger partial charge in [0.05, 0.1) is 11.8 Å². The van der Waals surface area contributed by atoms with Crippen LogP contribution in [0.3, 0.4) is 0 Å². The number of nitrogens with one attached hydrogen (secondary N) is 1. The lowest BCUT2D eigenvalue weighted by Crippen LogP contribution is -2.30. The van der Waals surface area contributed by atoms with E-state index >= 15 is 0 Å². The van der Waals surface area contributed by atoms with Gasteiger partial charge in [-0.05, 0) is 25.0 Å². The van der Waals surface area contributed by atoms with Crippen molar-refractivity contribution < 1.29 is 14.7 Å². The van der Waals surface area contributed by atoms with Crippen molar-refractivity contribution in [3.63, 3.8) is 0 Å². The number of aliphatic carboxylic acids is 1. The molecule has 5 heteroatoms. The normalized spacial score (nSPS) is 23.3. The third-order valence-corrected chi connectivity index (χ3v) is 3.09. The molecule has 0 spiro atoms. The lowest BCUT2D eigenvalue weighted by atomic mass is 9.95. The quantitative estimate of drug-likeness (QED) is 0.831. The second-order valence-electron chi connectivity index (χ2n) is 4.19. The second-order valence-corrected chi connectivity index (χ2v) is 4.19. The zero-order valence-corrected chi connectivity index (χ0v) is 9.30. The number of aromatic nitrogens is 1. The van der Waals surface area contributed by atoms with Crippen LogP contribution in [0, 0.1) is 11.8 Å². The van der Waals surface area contributed by atoms with Crippen molar-refractivity contribution in [1.29, 1.82) is 0 Å². The van der Waals surface area contributed by atoms with Gasteiger partial charge < -0.3 is 10.4 Å². The van der Waals surface area contributed by atoms with Gasteiger partial charge in [-0.25, -0.2) is 4.98 Å². The molecule has 90 valence electrons. The van der Waals surface area contributed by atoms with Gasteiger partial charge in [-0.15, -0.1) is 0 Å². The molecular formula is C12H14N2O3. The van der Waals surface area contributed by atoms with Crippen LogP contribution in [0.2, 0.25) is 0 Å². The number of carbonyl (C=O) groups excluding carboxylic acids is 1. The Balaban J connectivity index is 2.03. The highest BCUT2D eigenvalue weighted by Crippen LogP contribution is 2.32. The zero-order valence-electron chi connectivity index (χ0n) is 9.30. The van der Waals surface area contributed by atoms with Crippen LogP contribution in [-0.2, 0) is 9.59 Å². The van der Waals surface area contributed by atoms with Crippen LogP contribution in [-0.4, -0.2) is 22.0 Å². The van der Waals surface area contributed by atoms with Crippen molar-refractivity contribution in [3.05, 3.63) is 24.4 Å². The number of hydrogen-bond acceptors (Lipinski definition) is 3. The zero-order chi connectivity index (χ0) is 12.3. The van der Waals surface area contributed by atoms with Crippen molar-refractivity contribution in [2.24, 2.45) is 11.8 Å². The van der Waals surface area contributed by atoms with E-state index in [4.69, 9.17) is 5.11 Å². The molecule has 2 rings (SSSR count). The molecule has 0 aromatic carbocycles. The number of anilines is 1. The van der Waals surface area contributed by atoms with Crippen molar-refractivity contribution >= 4 is 17.7 Å². The minimum Gasteiger partial charge on any atom is -0.481 e. The minimum atomic E-state index is -0.885. The molecule has 0 aliphatic heterocycles. The Morgan fingerprint density at radius 2 is 2.06 bits per heavy atom. The summed E-state index contributed by atoms with van der Waals surface area (Å²) >= 11 is 0. The Hall–Kier alpha value is -1.91. The number of amides is 1. The van der Waals surface area contributed by atoms with E-state index in [9.17, 15) is 9.59 Å². The summed E-state index contributed by atoms with van der Waals surface area (Å²) in [4.78, 5) is 26.9. The molecule has 1 fully saturated rings. The predicted molar refractivity (Wildman–Crippen MR) is 61.3 cm³/mol. The van der Waals surface area contributed by atoms with Crippen LogP contribution in [0.15, 0.2) is 24.4 Å². The Kier molecular flexibility index (Phi) is 3.37. The number of hydrogen-bond donors (Lipinski definition) is 2. The van der Waals surface area contributed by atoms with E-state index in [0.717, 1.165) is 6.42 Å². The minimum absolute atomic E-state index is 0.242. The number of rotatable bonds is 3.